The number of nitrogens with zero attached hydrogens (tertiary/aromatic N) is 4. The minimum absolute atomic E-state index is 0.181. The van der Waals surface area contributed by atoms with Crippen LogP contribution >= 0.6 is 0 Å². The van der Waals surface area contributed by atoms with Crippen LogP contribution in [0, 0.1) is 0 Å². The van der Waals surface area contributed by atoms with Gasteiger partial charge in [0.05, 0.1) is 11.8 Å². The molecular formula is C17H14F3N7O3. The summed E-state index contributed by atoms with van der Waals surface area (Å²) >= 11 is 0. The Bertz CT molecular complexity index is 1090. The molecule has 0 unspecified atom stereocenters. The van der Waals surface area contributed by atoms with Gasteiger partial charge >= 0.3 is 6.18 Å². The zero-order valence-corrected chi connectivity index (χ0v) is 15.1. The molecule has 3 aromatic rings. The summed E-state index contributed by atoms with van der Waals surface area (Å²) in [4.78, 5) is 39.1. The third kappa shape index (κ3) is 4.87. The van der Waals surface area contributed by atoms with Gasteiger partial charge in [-0.2, -0.15) is 23.4 Å². The van der Waals surface area contributed by atoms with Crippen molar-refractivity contribution in [2.75, 3.05) is 11.9 Å². The van der Waals surface area contributed by atoms with Gasteiger partial charge in [0, 0.05) is 25.2 Å². The fraction of sp³-hybridized carbons (Fsp3) is 0.176. The lowest BCUT2D eigenvalue weighted by Gasteiger charge is -2.12. The first-order chi connectivity index (χ1) is 14.3. The van der Waals surface area contributed by atoms with E-state index in [0.29, 0.717) is 10.5 Å². The van der Waals surface area contributed by atoms with E-state index >= 15 is 0 Å². The lowest BCUT2D eigenvalue weighted by molar-refractivity contribution is -0.143. The smallest absolute Gasteiger partial charge is 0.351 e. The highest BCUT2D eigenvalue weighted by atomic mass is 19.4. The number of alkyl halides is 3. The molecule has 10 nitrogen and oxygen atoms in total. The van der Waals surface area contributed by atoms with Crippen LogP contribution in [-0.2, 0) is 11.0 Å². The van der Waals surface area contributed by atoms with Gasteiger partial charge in [-0.25, -0.2) is 14.8 Å². The predicted molar refractivity (Wildman–Crippen MR) is 96.8 cm³/mol. The topological polar surface area (TPSA) is 135 Å². The molecule has 0 atom stereocenters. The molecule has 0 aromatic carbocycles. The molecule has 30 heavy (non-hydrogen) atoms. The van der Waals surface area contributed by atoms with Gasteiger partial charge in [0.15, 0.2) is 11.5 Å². The molecule has 0 aliphatic heterocycles. The summed E-state index contributed by atoms with van der Waals surface area (Å²) in [5, 5.41) is 13.8. The molecule has 0 aliphatic carbocycles. The Morgan fingerprint density at radius 1 is 1.17 bits per heavy atom. The summed E-state index contributed by atoms with van der Waals surface area (Å²) < 4.78 is 41.0. The Labute approximate surface area is 166 Å². The molecule has 0 bridgehead atoms. The zero-order valence-electron chi connectivity index (χ0n) is 15.1. The SMILES string of the molecule is O=C(CCNC(=O)c1cnn(-c2ccc(=O)[nH]n2)c1C(F)(F)F)Nc1ccccn1. The minimum Gasteiger partial charge on any atom is -0.351 e. The molecule has 0 saturated carbocycles. The lowest BCUT2D eigenvalue weighted by Crippen LogP contribution is -2.29. The monoisotopic (exact) mass is 421 g/mol. The van der Waals surface area contributed by atoms with Gasteiger partial charge in [0.25, 0.3) is 11.5 Å². The van der Waals surface area contributed by atoms with Crippen molar-refractivity contribution in [3.63, 3.8) is 0 Å². The Morgan fingerprint density at radius 2 is 1.97 bits per heavy atom. The van der Waals surface area contributed by atoms with E-state index < -0.39 is 34.8 Å². The Hall–Kier alpha value is -4.03. The first kappa shape index (κ1) is 20.7. The zero-order chi connectivity index (χ0) is 21.7. The number of aromatic amines is 1. The maximum absolute atomic E-state index is 13.5. The van der Waals surface area contributed by atoms with Crippen molar-refractivity contribution in [3.05, 3.63) is 64.3 Å². The molecule has 3 aromatic heterocycles. The van der Waals surface area contributed by atoms with Crippen molar-refractivity contribution in [1.82, 2.24) is 30.3 Å². The van der Waals surface area contributed by atoms with Crippen molar-refractivity contribution in [2.24, 2.45) is 0 Å². The van der Waals surface area contributed by atoms with Crippen LogP contribution in [0.1, 0.15) is 22.5 Å². The van der Waals surface area contributed by atoms with E-state index in [4.69, 9.17) is 0 Å². The minimum atomic E-state index is -4.93. The van der Waals surface area contributed by atoms with Gasteiger partial charge in [-0.1, -0.05) is 6.07 Å². The molecule has 0 fully saturated rings. The number of hydrogen-bond acceptors (Lipinski definition) is 6. The van der Waals surface area contributed by atoms with E-state index in [1.807, 2.05) is 5.10 Å². The standard InChI is InChI=1S/C17H14F3N7O3/c18-17(19,20)15-10(9-23-27(15)12-4-5-14(29)26-25-12)16(30)22-8-6-13(28)24-11-3-1-2-7-21-11/h1-5,7,9H,6,8H2,(H,22,30)(H,26,29)(H,21,24,28). The maximum Gasteiger partial charge on any atom is 0.434 e. The van der Waals surface area contributed by atoms with E-state index in [-0.39, 0.29) is 18.8 Å². The number of H-pyrrole nitrogens is 1. The first-order valence-electron chi connectivity index (χ1n) is 8.46. The second kappa shape index (κ2) is 8.55. The van der Waals surface area contributed by atoms with E-state index in [2.05, 4.69) is 25.8 Å². The fourth-order valence-electron chi connectivity index (χ4n) is 2.44. The summed E-state index contributed by atoms with van der Waals surface area (Å²) in [6.07, 6.45) is -2.90. The molecular weight excluding hydrogens is 407 g/mol. The van der Waals surface area contributed by atoms with Crippen LogP contribution in [0.4, 0.5) is 19.0 Å². The largest absolute Gasteiger partial charge is 0.434 e. The third-order valence-corrected chi connectivity index (χ3v) is 3.73. The molecule has 0 aliphatic rings. The highest BCUT2D eigenvalue weighted by molar-refractivity contribution is 5.96. The van der Waals surface area contributed by atoms with E-state index in [1.54, 1.807) is 18.2 Å². The lowest BCUT2D eigenvalue weighted by atomic mass is 10.2. The average molecular weight is 421 g/mol. The van der Waals surface area contributed by atoms with Gasteiger partial charge in [-0.3, -0.25) is 14.4 Å². The van der Waals surface area contributed by atoms with Crippen LogP contribution in [0.15, 0.2) is 47.5 Å². The molecule has 0 spiro atoms. The van der Waals surface area contributed by atoms with Gasteiger partial charge in [0.2, 0.25) is 5.91 Å². The molecule has 2 amide bonds. The number of carbonyl (C=O) groups excluding carboxylic acids is 2. The molecule has 3 rings (SSSR count). The number of halogens is 3. The van der Waals surface area contributed by atoms with Gasteiger partial charge in [0.1, 0.15) is 5.82 Å². The van der Waals surface area contributed by atoms with Crippen LogP contribution in [0.2, 0.25) is 0 Å². The average Bonchev–Trinajstić information content (AvgIpc) is 3.15. The van der Waals surface area contributed by atoms with Crippen molar-refractivity contribution in [2.45, 2.75) is 12.6 Å². The summed E-state index contributed by atoms with van der Waals surface area (Å²) in [5.74, 6) is -1.56. The number of hydrogen-bond donors (Lipinski definition) is 3. The van der Waals surface area contributed by atoms with Crippen molar-refractivity contribution < 1.29 is 22.8 Å². The van der Waals surface area contributed by atoms with Crippen LogP contribution in [0.25, 0.3) is 5.82 Å². The quantitative estimate of drug-likeness (QED) is 0.546. The number of amides is 2. The molecule has 13 heteroatoms. The Kier molecular flexibility index (Phi) is 5.90. The fourth-order valence-corrected chi connectivity index (χ4v) is 2.44. The summed E-state index contributed by atoms with van der Waals surface area (Å²) in [6.45, 7) is -0.211. The highest BCUT2D eigenvalue weighted by Crippen LogP contribution is 2.33. The highest BCUT2D eigenvalue weighted by Gasteiger charge is 2.40. The van der Waals surface area contributed by atoms with Crippen molar-refractivity contribution in [3.8, 4) is 5.82 Å². The van der Waals surface area contributed by atoms with Crippen LogP contribution < -0.4 is 16.2 Å². The van der Waals surface area contributed by atoms with Gasteiger partial charge in [-0.15, -0.1) is 0 Å². The maximum atomic E-state index is 13.5. The van der Waals surface area contributed by atoms with Crippen molar-refractivity contribution >= 4 is 17.6 Å². The summed E-state index contributed by atoms with van der Waals surface area (Å²) in [5.41, 5.74) is -2.72. The Balaban J connectivity index is 1.70. The van der Waals surface area contributed by atoms with Gasteiger partial charge < -0.3 is 10.6 Å². The van der Waals surface area contributed by atoms with Crippen LogP contribution in [0.5, 0.6) is 0 Å². The number of nitrogens with one attached hydrogen (secondary N) is 3. The molecule has 0 saturated heterocycles. The van der Waals surface area contributed by atoms with Crippen LogP contribution in [0.3, 0.4) is 0 Å². The number of aromatic nitrogens is 5. The third-order valence-electron chi connectivity index (χ3n) is 3.73. The Morgan fingerprint density at radius 3 is 2.60 bits per heavy atom. The van der Waals surface area contributed by atoms with Crippen molar-refractivity contribution in [1.29, 1.82) is 0 Å². The molecule has 0 radical (unpaired) electrons. The number of carbonyl (C=O) groups is 2. The molecule has 156 valence electrons. The summed E-state index contributed by atoms with van der Waals surface area (Å²) in [7, 11) is 0. The molecule has 3 N–H and O–H groups in total. The summed E-state index contributed by atoms with van der Waals surface area (Å²) in [6, 6.07) is 6.90. The normalized spacial score (nSPS) is 11.2. The van der Waals surface area contributed by atoms with Crippen LogP contribution in [-0.4, -0.2) is 43.3 Å². The number of anilines is 1. The second-order valence-electron chi connectivity index (χ2n) is 5.86. The predicted octanol–water partition coefficient (Wildman–Crippen LogP) is 1.13. The van der Waals surface area contributed by atoms with E-state index in [0.717, 1.165) is 18.3 Å². The first-order valence-corrected chi connectivity index (χ1v) is 8.46. The molecule has 3 heterocycles. The number of rotatable bonds is 6. The van der Waals surface area contributed by atoms with Gasteiger partial charge in [-0.05, 0) is 18.2 Å². The second-order valence-corrected chi connectivity index (χ2v) is 5.86. The van der Waals surface area contributed by atoms with E-state index in [1.165, 1.54) is 6.20 Å². The van der Waals surface area contributed by atoms with E-state index in [9.17, 15) is 27.6 Å². The number of pyridine rings is 1.